The van der Waals surface area contributed by atoms with Gasteiger partial charge in [-0.15, -0.1) is 0 Å². The Balaban J connectivity index is 1.43. The Hall–Kier alpha value is -2.58. The Morgan fingerprint density at radius 1 is 0.850 bits per heavy atom. The van der Waals surface area contributed by atoms with Crippen LogP contribution in [0.25, 0.3) is 0 Å². The van der Waals surface area contributed by atoms with Crippen molar-refractivity contribution in [1.82, 2.24) is 20.0 Å². The molecule has 3 rings (SSSR count). The van der Waals surface area contributed by atoms with E-state index in [2.05, 4.69) is 59.1 Å². The van der Waals surface area contributed by atoms with Crippen molar-refractivity contribution < 1.29 is 14.3 Å². The van der Waals surface area contributed by atoms with E-state index in [0.717, 1.165) is 54.8 Å². The van der Waals surface area contributed by atoms with Gasteiger partial charge in [0.15, 0.2) is 0 Å². The Kier molecular flexibility index (Phi) is 13.8. The molecule has 0 aliphatic carbocycles. The summed E-state index contributed by atoms with van der Waals surface area (Å²) in [5.41, 5.74) is 3.04. The van der Waals surface area contributed by atoms with Crippen LogP contribution in [-0.4, -0.2) is 72.5 Å². The van der Waals surface area contributed by atoms with Crippen molar-refractivity contribution in [3.8, 4) is 5.75 Å². The Morgan fingerprint density at radius 2 is 1.50 bits per heavy atom. The molecule has 40 heavy (non-hydrogen) atoms. The topological polar surface area (TPSA) is 65.1 Å². The number of urea groups is 1. The Morgan fingerprint density at radius 3 is 2.17 bits per heavy atom. The van der Waals surface area contributed by atoms with Crippen LogP contribution in [0.5, 0.6) is 5.75 Å². The molecule has 1 aliphatic rings. The number of halogens is 1. The maximum absolute atomic E-state index is 13.1. The summed E-state index contributed by atoms with van der Waals surface area (Å²) >= 11 is 3.59. The summed E-state index contributed by atoms with van der Waals surface area (Å²) < 4.78 is 7.16. The van der Waals surface area contributed by atoms with E-state index in [-0.39, 0.29) is 11.9 Å². The van der Waals surface area contributed by atoms with Gasteiger partial charge in [-0.05, 0) is 67.0 Å². The fourth-order valence-electron chi connectivity index (χ4n) is 4.93. The number of carbonyl (C=O) groups is 2. The minimum Gasteiger partial charge on any atom is -0.489 e. The van der Waals surface area contributed by atoms with Gasteiger partial charge < -0.3 is 19.9 Å². The number of unbranched alkanes of at least 4 members (excludes halogenated alkanes) is 5. The molecule has 1 fully saturated rings. The molecule has 0 atom stereocenters. The molecule has 0 spiro atoms. The summed E-state index contributed by atoms with van der Waals surface area (Å²) in [5, 5.41) is 3.04. The highest BCUT2D eigenvalue weighted by Crippen LogP contribution is 2.22. The van der Waals surface area contributed by atoms with Gasteiger partial charge in [0.25, 0.3) is 5.91 Å². The van der Waals surface area contributed by atoms with E-state index in [4.69, 9.17) is 4.74 Å². The number of ether oxygens (including phenoxy) is 1. The van der Waals surface area contributed by atoms with Crippen LogP contribution in [0.2, 0.25) is 0 Å². The van der Waals surface area contributed by atoms with E-state index < -0.39 is 0 Å². The number of hydrogen-bond acceptors (Lipinski definition) is 4. The smallest absolute Gasteiger partial charge is 0.317 e. The van der Waals surface area contributed by atoms with E-state index in [1.807, 2.05) is 40.1 Å². The van der Waals surface area contributed by atoms with Crippen molar-refractivity contribution in [3.05, 3.63) is 63.6 Å². The summed E-state index contributed by atoms with van der Waals surface area (Å²) in [5.74, 6) is 0.730. The third kappa shape index (κ3) is 10.1. The first kappa shape index (κ1) is 31.9. The Bertz CT molecular complexity index is 1050. The number of hydrogen-bond donors (Lipinski definition) is 1. The van der Waals surface area contributed by atoms with Crippen LogP contribution in [-0.2, 0) is 13.2 Å². The molecular weight excluding hydrogens is 568 g/mol. The van der Waals surface area contributed by atoms with Gasteiger partial charge in [0.05, 0.1) is 0 Å². The number of piperazine rings is 1. The summed E-state index contributed by atoms with van der Waals surface area (Å²) in [7, 11) is 0. The van der Waals surface area contributed by atoms with Crippen molar-refractivity contribution >= 4 is 27.9 Å². The van der Waals surface area contributed by atoms with Gasteiger partial charge in [0.1, 0.15) is 12.4 Å². The molecule has 3 amide bonds. The second-order valence-corrected chi connectivity index (χ2v) is 11.4. The monoisotopic (exact) mass is 614 g/mol. The zero-order valence-corrected chi connectivity index (χ0v) is 26.2. The van der Waals surface area contributed by atoms with Crippen LogP contribution in [0.4, 0.5) is 4.79 Å². The van der Waals surface area contributed by atoms with Gasteiger partial charge in [-0.25, -0.2) is 4.79 Å². The van der Waals surface area contributed by atoms with E-state index in [1.54, 1.807) is 0 Å². The molecule has 0 saturated carbocycles. The van der Waals surface area contributed by atoms with Crippen LogP contribution in [0.15, 0.2) is 46.9 Å². The fourth-order valence-corrected chi connectivity index (χ4v) is 5.34. The maximum atomic E-state index is 13.1. The molecule has 1 heterocycles. The number of amides is 3. The third-order valence-electron chi connectivity index (χ3n) is 7.61. The molecule has 0 bridgehead atoms. The molecule has 0 radical (unpaired) electrons. The second-order valence-electron chi connectivity index (χ2n) is 10.5. The SMILES string of the molecule is CCCCCCCCNC(=O)N1CCN(C(=O)c2ccc(OCc3ccc(Br)cc3CN(CC)CC)cc2)CC1. The minimum atomic E-state index is -0.0202. The zero-order valence-electron chi connectivity index (χ0n) is 24.6. The molecule has 2 aromatic rings. The minimum absolute atomic E-state index is 0.00638. The molecule has 1 aliphatic heterocycles. The Labute approximate surface area is 249 Å². The van der Waals surface area contributed by atoms with Gasteiger partial charge in [-0.1, -0.05) is 74.9 Å². The molecule has 7 nitrogen and oxygen atoms in total. The highest BCUT2D eigenvalue weighted by atomic mass is 79.9. The zero-order chi connectivity index (χ0) is 28.7. The van der Waals surface area contributed by atoms with Crippen molar-refractivity contribution in [1.29, 1.82) is 0 Å². The molecule has 1 saturated heterocycles. The summed E-state index contributed by atoms with van der Waals surface area (Å²) in [6.07, 6.45) is 7.23. The first-order valence-corrected chi connectivity index (χ1v) is 15.8. The van der Waals surface area contributed by atoms with Crippen LogP contribution in [0.1, 0.15) is 80.8 Å². The molecular formula is C32H47BrN4O3. The van der Waals surface area contributed by atoms with Gasteiger partial charge in [0, 0.05) is 49.3 Å². The molecule has 0 aromatic heterocycles. The summed E-state index contributed by atoms with van der Waals surface area (Å²) in [6, 6.07) is 13.7. The van der Waals surface area contributed by atoms with Crippen LogP contribution in [0.3, 0.4) is 0 Å². The number of benzene rings is 2. The first-order chi connectivity index (χ1) is 19.4. The number of rotatable bonds is 15. The maximum Gasteiger partial charge on any atom is 0.317 e. The lowest BCUT2D eigenvalue weighted by Gasteiger charge is -2.34. The largest absolute Gasteiger partial charge is 0.489 e. The van der Waals surface area contributed by atoms with Crippen LogP contribution >= 0.6 is 15.9 Å². The summed E-state index contributed by atoms with van der Waals surface area (Å²) in [4.78, 5) is 31.6. The van der Waals surface area contributed by atoms with Crippen molar-refractivity contribution in [2.24, 2.45) is 0 Å². The highest BCUT2D eigenvalue weighted by Gasteiger charge is 2.24. The average molecular weight is 616 g/mol. The lowest BCUT2D eigenvalue weighted by Crippen LogP contribution is -2.53. The van der Waals surface area contributed by atoms with Crippen LogP contribution in [0, 0.1) is 0 Å². The van der Waals surface area contributed by atoms with E-state index in [0.29, 0.717) is 38.3 Å². The summed E-state index contributed by atoms with van der Waals surface area (Å²) in [6.45, 7) is 12.8. The van der Waals surface area contributed by atoms with E-state index in [1.165, 1.54) is 31.2 Å². The lowest BCUT2D eigenvalue weighted by molar-refractivity contribution is 0.0665. The average Bonchev–Trinajstić information content (AvgIpc) is 2.98. The quantitative estimate of drug-likeness (QED) is 0.227. The van der Waals surface area contributed by atoms with Crippen molar-refractivity contribution in [2.45, 2.75) is 72.4 Å². The number of nitrogens with one attached hydrogen (secondary N) is 1. The fraction of sp³-hybridized carbons (Fsp3) is 0.562. The van der Waals surface area contributed by atoms with Crippen LogP contribution < -0.4 is 10.1 Å². The number of carbonyl (C=O) groups excluding carboxylic acids is 2. The highest BCUT2D eigenvalue weighted by molar-refractivity contribution is 9.10. The molecule has 1 N–H and O–H groups in total. The predicted molar refractivity (Wildman–Crippen MR) is 166 cm³/mol. The van der Waals surface area contributed by atoms with Gasteiger partial charge in [0.2, 0.25) is 0 Å². The van der Waals surface area contributed by atoms with E-state index >= 15 is 0 Å². The van der Waals surface area contributed by atoms with E-state index in [9.17, 15) is 9.59 Å². The first-order valence-electron chi connectivity index (χ1n) is 15.0. The lowest BCUT2D eigenvalue weighted by atomic mass is 10.1. The van der Waals surface area contributed by atoms with Crippen molar-refractivity contribution in [3.63, 3.8) is 0 Å². The second kappa shape index (κ2) is 17.3. The normalized spacial score (nSPS) is 13.5. The number of nitrogens with zero attached hydrogens (tertiary/aromatic N) is 3. The predicted octanol–water partition coefficient (Wildman–Crippen LogP) is 6.70. The third-order valence-corrected chi connectivity index (χ3v) is 8.11. The van der Waals surface area contributed by atoms with Gasteiger partial charge in [-0.2, -0.15) is 0 Å². The molecule has 220 valence electrons. The van der Waals surface area contributed by atoms with Gasteiger partial charge in [-0.3, -0.25) is 9.69 Å². The van der Waals surface area contributed by atoms with Gasteiger partial charge >= 0.3 is 6.03 Å². The molecule has 8 heteroatoms. The molecule has 0 unspecified atom stereocenters. The molecule has 2 aromatic carbocycles. The van der Waals surface area contributed by atoms with Crippen molar-refractivity contribution in [2.75, 3.05) is 45.8 Å². The standard InChI is InChI=1S/C32H47BrN4O3/c1-4-7-8-9-10-11-18-34-32(39)37-21-19-36(20-22-37)31(38)26-13-16-30(17-14-26)40-25-27-12-15-29(33)23-28(27)24-35(5-2)6-3/h12-17,23H,4-11,18-22,24-25H2,1-3H3,(H,34,39).